The number of methoxy groups -OCH3 is 1. The molecule has 0 amide bonds. The minimum absolute atomic E-state index is 0.230. The Morgan fingerprint density at radius 2 is 2.05 bits per heavy atom. The molecule has 0 aliphatic rings. The van der Waals surface area contributed by atoms with Crippen LogP contribution in [0.5, 0.6) is 5.88 Å². The average Bonchev–Trinajstić information content (AvgIpc) is 2.96. The molecule has 2 aromatic rings. The van der Waals surface area contributed by atoms with Crippen LogP contribution >= 0.6 is 0 Å². The van der Waals surface area contributed by atoms with Crippen molar-refractivity contribution in [3.63, 3.8) is 0 Å². The maximum absolute atomic E-state index is 5.78. The van der Waals surface area contributed by atoms with Crippen molar-refractivity contribution in [2.75, 3.05) is 7.11 Å². The summed E-state index contributed by atoms with van der Waals surface area (Å²) in [4.78, 5) is 0. The highest BCUT2D eigenvalue weighted by molar-refractivity contribution is 5.64. The van der Waals surface area contributed by atoms with Crippen LogP contribution in [0.25, 0.3) is 5.76 Å². The highest BCUT2D eigenvalue weighted by atomic mass is 16.5. The predicted octanol–water partition coefficient (Wildman–Crippen LogP) is 4.38. The van der Waals surface area contributed by atoms with Crippen LogP contribution in [-0.4, -0.2) is 12.3 Å². The second-order valence-corrected chi connectivity index (χ2v) is 4.94. The molecule has 0 radical (unpaired) electrons. The summed E-state index contributed by atoms with van der Waals surface area (Å²) >= 11 is 0. The Hall–Kier alpha value is -2.23. The summed E-state index contributed by atoms with van der Waals surface area (Å²) in [6.45, 7) is 8.51. The molecule has 0 fully saturated rings. The fraction of sp³-hybridized carbons (Fsp3) is 0.353. The Morgan fingerprint density at radius 1 is 1.33 bits per heavy atom. The molecule has 112 valence electrons. The highest BCUT2D eigenvalue weighted by Crippen LogP contribution is 2.34. The van der Waals surface area contributed by atoms with E-state index in [-0.39, 0.29) is 5.92 Å². The van der Waals surface area contributed by atoms with Crippen molar-refractivity contribution in [1.82, 2.24) is 5.16 Å². The second kappa shape index (κ2) is 6.97. The first-order valence-electron chi connectivity index (χ1n) is 7.06. The van der Waals surface area contributed by atoms with Gasteiger partial charge in [-0.15, -0.1) is 0 Å². The van der Waals surface area contributed by atoms with E-state index >= 15 is 0 Å². The minimum Gasteiger partial charge on any atom is -0.496 e. The molecule has 1 aromatic carbocycles. The number of benzene rings is 1. The van der Waals surface area contributed by atoms with Gasteiger partial charge in [0.25, 0.3) is 5.88 Å². The molecular weight excluding hydrogens is 266 g/mol. The van der Waals surface area contributed by atoms with Gasteiger partial charge in [0.2, 0.25) is 0 Å². The molecule has 0 bridgehead atoms. The molecule has 1 aromatic heterocycles. The van der Waals surface area contributed by atoms with E-state index in [1.54, 1.807) is 7.11 Å². The quantitative estimate of drug-likeness (QED) is 0.709. The topological polar surface area (TPSA) is 44.5 Å². The Balaban J connectivity index is 2.22. The van der Waals surface area contributed by atoms with Crippen molar-refractivity contribution in [2.24, 2.45) is 0 Å². The lowest BCUT2D eigenvalue weighted by Crippen LogP contribution is -2.00. The van der Waals surface area contributed by atoms with Gasteiger partial charge in [-0.05, 0) is 17.1 Å². The van der Waals surface area contributed by atoms with Gasteiger partial charge in [-0.2, -0.15) is 0 Å². The molecule has 1 atom stereocenters. The monoisotopic (exact) mass is 287 g/mol. The zero-order valence-electron chi connectivity index (χ0n) is 12.8. The number of rotatable bonds is 7. The maximum Gasteiger partial charge on any atom is 0.265 e. The van der Waals surface area contributed by atoms with Crippen LogP contribution in [0.1, 0.15) is 43.1 Å². The van der Waals surface area contributed by atoms with Crippen LogP contribution in [0.4, 0.5) is 0 Å². The van der Waals surface area contributed by atoms with E-state index in [1.165, 1.54) is 0 Å². The first-order valence-corrected chi connectivity index (χ1v) is 7.06. The van der Waals surface area contributed by atoms with E-state index in [0.717, 1.165) is 23.3 Å². The predicted molar refractivity (Wildman–Crippen MR) is 82.0 cm³/mol. The molecule has 0 saturated heterocycles. The SMILES string of the molecule is C=C(OC)c1c(OCc2ccccc2)noc1C(C)CC. The number of aromatic nitrogens is 1. The number of nitrogens with zero attached hydrogens (tertiary/aromatic N) is 1. The highest BCUT2D eigenvalue weighted by Gasteiger charge is 2.24. The summed E-state index contributed by atoms with van der Waals surface area (Å²) in [6, 6.07) is 9.92. The van der Waals surface area contributed by atoms with Gasteiger partial charge in [0.1, 0.15) is 17.9 Å². The maximum atomic E-state index is 5.78. The van der Waals surface area contributed by atoms with E-state index in [9.17, 15) is 0 Å². The lowest BCUT2D eigenvalue weighted by molar-refractivity contribution is 0.263. The summed E-state index contributed by atoms with van der Waals surface area (Å²) in [5.74, 6) is 1.93. The largest absolute Gasteiger partial charge is 0.496 e. The molecule has 4 heteroatoms. The zero-order chi connectivity index (χ0) is 15.2. The Labute approximate surface area is 125 Å². The van der Waals surface area contributed by atoms with Crippen LogP contribution in [0, 0.1) is 0 Å². The van der Waals surface area contributed by atoms with Crippen LogP contribution in [0.2, 0.25) is 0 Å². The summed E-state index contributed by atoms with van der Waals surface area (Å²) < 4.78 is 16.5. The van der Waals surface area contributed by atoms with Crippen molar-refractivity contribution in [1.29, 1.82) is 0 Å². The molecule has 1 unspecified atom stereocenters. The number of hydrogen-bond donors (Lipinski definition) is 0. The normalized spacial score (nSPS) is 12.0. The van der Waals surface area contributed by atoms with Gasteiger partial charge < -0.3 is 14.0 Å². The van der Waals surface area contributed by atoms with Crippen molar-refractivity contribution in [3.05, 3.63) is 53.8 Å². The van der Waals surface area contributed by atoms with Gasteiger partial charge in [0.15, 0.2) is 5.76 Å². The molecule has 4 nitrogen and oxygen atoms in total. The zero-order valence-corrected chi connectivity index (χ0v) is 12.8. The van der Waals surface area contributed by atoms with Crippen LogP contribution < -0.4 is 4.74 Å². The third-order valence-corrected chi connectivity index (χ3v) is 3.49. The molecule has 0 aliphatic heterocycles. The first-order chi connectivity index (χ1) is 10.2. The van der Waals surface area contributed by atoms with E-state index in [1.807, 2.05) is 30.3 Å². The number of ether oxygens (including phenoxy) is 2. The number of hydrogen-bond acceptors (Lipinski definition) is 4. The Kier molecular flexibility index (Phi) is 5.04. The van der Waals surface area contributed by atoms with Gasteiger partial charge in [-0.3, -0.25) is 0 Å². The third-order valence-electron chi connectivity index (χ3n) is 3.49. The first kappa shape index (κ1) is 15.2. The van der Waals surface area contributed by atoms with Gasteiger partial charge in [-0.25, -0.2) is 0 Å². The van der Waals surface area contributed by atoms with Gasteiger partial charge >= 0.3 is 0 Å². The molecule has 2 rings (SSSR count). The summed E-state index contributed by atoms with van der Waals surface area (Å²) in [5.41, 5.74) is 1.79. The van der Waals surface area contributed by atoms with E-state index < -0.39 is 0 Å². The van der Waals surface area contributed by atoms with Crippen molar-refractivity contribution in [3.8, 4) is 5.88 Å². The lowest BCUT2D eigenvalue weighted by atomic mass is 10.0. The van der Waals surface area contributed by atoms with Gasteiger partial charge in [0, 0.05) is 5.92 Å². The summed E-state index contributed by atoms with van der Waals surface area (Å²) in [7, 11) is 1.58. The van der Waals surface area contributed by atoms with E-state index in [4.69, 9.17) is 14.0 Å². The average molecular weight is 287 g/mol. The molecule has 0 N–H and O–H groups in total. The fourth-order valence-corrected chi connectivity index (χ4v) is 1.99. The summed E-state index contributed by atoms with van der Waals surface area (Å²) in [5, 5.41) is 4.03. The molecule has 1 heterocycles. The van der Waals surface area contributed by atoms with Crippen molar-refractivity contribution < 1.29 is 14.0 Å². The molecule has 0 aliphatic carbocycles. The smallest absolute Gasteiger partial charge is 0.265 e. The second-order valence-electron chi connectivity index (χ2n) is 4.94. The van der Waals surface area contributed by atoms with Crippen LogP contribution in [0.3, 0.4) is 0 Å². The molecular formula is C17H21NO3. The fourth-order valence-electron chi connectivity index (χ4n) is 1.99. The minimum atomic E-state index is 0.230. The van der Waals surface area contributed by atoms with Crippen molar-refractivity contribution >= 4 is 5.76 Å². The molecule has 0 spiro atoms. The standard InChI is InChI=1S/C17H21NO3/c1-5-12(2)16-15(13(3)19-4)17(18-21-16)20-11-14-9-7-6-8-10-14/h6-10,12H,3,5,11H2,1-2,4H3. The van der Waals surface area contributed by atoms with E-state index in [2.05, 4.69) is 25.6 Å². The van der Waals surface area contributed by atoms with Gasteiger partial charge in [0.05, 0.1) is 7.11 Å². The third kappa shape index (κ3) is 3.45. The Morgan fingerprint density at radius 3 is 2.67 bits per heavy atom. The van der Waals surface area contributed by atoms with E-state index in [0.29, 0.717) is 18.2 Å². The molecule has 0 saturated carbocycles. The van der Waals surface area contributed by atoms with Crippen molar-refractivity contribution in [2.45, 2.75) is 32.8 Å². The van der Waals surface area contributed by atoms with Crippen LogP contribution in [-0.2, 0) is 11.3 Å². The molecule has 21 heavy (non-hydrogen) atoms. The Bertz CT molecular complexity index is 589. The summed E-state index contributed by atoms with van der Waals surface area (Å²) in [6.07, 6.45) is 0.942. The van der Waals surface area contributed by atoms with Gasteiger partial charge in [-0.1, -0.05) is 50.8 Å². The lowest BCUT2D eigenvalue weighted by Gasteiger charge is -2.10. The van der Waals surface area contributed by atoms with Crippen LogP contribution in [0.15, 0.2) is 41.4 Å².